The quantitative estimate of drug-likeness (QED) is 0.586. The number of fused-ring (bicyclic) bond motifs is 1. The third-order valence-electron chi connectivity index (χ3n) is 6.64. The van der Waals surface area contributed by atoms with Crippen LogP contribution in [0.4, 0.5) is 19.0 Å². The van der Waals surface area contributed by atoms with Gasteiger partial charge in [-0.3, -0.25) is 9.80 Å². The smallest absolute Gasteiger partial charge is 0.416 e. The lowest BCUT2D eigenvalue weighted by atomic mass is 10.0. The molecule has 0 saturated carbocycles. The highest BCUT2D eigenvalue weighted by Crippen LogP contribution is 2.31. The second-order valence-electron chi connectivity index (χ2n) is 8.68. The summed E-state index contributed by atoms with van der Waals surface area (Å²) in [6.45, 7) is 5.99. The number of alkyl halides is 3. The standard InChI is InChI=1S/C24H27F3N4O/c25-24(26,27)19-5-8-28-23(16-19)31-13-11-30(12-14-31)20-6-9-29(10-7-20)17-21-15-18-3-1-2-4-22(18)32-21/h1-5,8,15-16,20H,6-7,9-14,17H2. The van der Waals surface area contributed by atoms with Gasteiger partial charge < -0.3 is 9.32 Å². The summed E-state index contributed by atoms with van der Waals surface area (Å²) in [5.74, 6) is 1.42. The summed E-state index contributed by atoms with van der Waals surface area (Å²) in [6, 6.07) is 12.9. The van der Waals surface area contributed by atoms with Crippen LogP contribution in [-0.2, 0) is 12.7 Å². The fourth-order valence-corrected chi connectivity index (χ4v) is 4.86. The zero-order chi connectivity index (χ0) is 22.1. The second-order valence-corrected chi connectivity index (χ2v) is 8.68. The first-order valence-electron chi connectivity index (χ1n) is 11.2. The number of anilines is 1. The molecular formula is C24H27F3N4O. The zero-order valence-corrected chi connectivity index (χ0v) is 17.9. The van der Waals surface area contributed by atoms with E-state index < -0.39 is 11.7 Å². The topological polar surface area (TPSA) is 35.8 Å². The predicted octanol–water partition coefficient (Wildman–Crippen LogP) is 4.63. The Morgan fingerprint density at radius 2 is 1.69 bits per heavy atom. The second kappa shape index (κ2) is 8.75. The van der Waals surface area contributed by atoms with E-state index in [1.807, 2.05) is 23.1 Å². The van der Waals surface area contributed by atoms with Crippen LogP contribution >= 0.6 is 0 Å². The molecule has 0 spiro atoms. The van der Waals surface area contributed by atoms with Gasteiger partial charge >= 0.3 is 6.18 Å². The van der Waals surface area contributed by atoms with Gasteiger partial charge in [-0.25, -0.2) is 4.98 Å². The predicted molar refractivity (Wildman–Crippen MR) is 118 cm³/mol. The van der Waals surface area contributed by atoms with Gasteiger partial charge in [-0.05, 0) is 37.1 Å². The van der Waals surface area contributed by atoms with Crippen LogP contribution in [-0.4, -0.2) is 60.1 Å². The summed E-state index contributed by atoms with van der Waals surface area (Å²) >= 11 is 0. The number of likely N-dealkylation sites (tertiary alicyclic amines) is 1. The SMILES string of the molecule is FC(F)(F)c1ccnc(N2CCN(C3CCN(Cc4cc5ccccc5o4)CC3)CC2)c1. The Kier molecular flexibility index (Phi) is 5.82. The maximum atomic E-state index is 13.0. The fraction of sp³-hybridized carbons (Fsp3) is 0.458. The molecule has 2 aliphatic rings. The number of pyridine rings is 1. The minimum Gasteiger partial charge on any atom is -0.460 e. The van der Waals surface area contributed by atoms with E-state index in [9.17, 15) is 13.2 Å². The molecule has 5 rings (SSSR count). The summed E-state index contributed by atoms with van der Waals surface area (Å²) in [4.78, 5) is 11.1. The molecule has 5 nitrogen and oxygen atoms in total. The number of halogens is 3. The summed E-state index contributed by atoms with van der Waals surface area (Å²) in [7, 11) is 0. The van der Waals surface area contributed by atoms with Gasteiger partial charge in [0.1, 0.15) is 17.2 Å². The van der Waals surface area contributed by atoms with Crippen LogP contribution in [0.5, 0.6) is 0 Å². The molecule has 0 radical (unpaired) electrons. The molecule has 0 unspecified atom stereocenters. The Labute approximate surface area is 185 Å². The summed E-state index contributed by atoms with van der Waals surface area (Å²) in [6.07, 6.45) is -0.887. The molecule has 0 N–H and O–H groups in total. The number of hydrogen-bond donors (Lipinski definition) is 0. The molecular weight excluding hydrogens is 417 g/mol. The number of para-hydroxylation sites is 1. The van der Waals surface area contributed by atoms with Crippen molar-refractivity contribution < 1.29 is 17.6 Å². The number of hydrogen-bond acceptors (Lipinski definition) is 5. The largest absolute Gasteiger partial charge is 0.460 e. The normalized spacial score (nSPS) is 19.7. The first-order chi connectivity index (χ1) is 15.5. The Morgan fingerprint density at radius 3 is 2.41 bits per heavy atom. The molecule has 0 amide bonds. The molecule has 3 aromatic rings. The Balaban J connectivity index is 1.12. The molecule has 0 bridgehead atoms. The third-order valence-corrected chi connectivity index (χ3v) is 6.64. The van der Waals surface area contributed by atoms with Crippen LogP contribution < -0.4 is 4.90 Å². The van der Waals surface area contributed by atoms with Crippen LogP contribution in [0.2, 0.25) is 0 Å². The van der Waals surface area contributed by atoms with Gasteiger partial charge in [0.25, 0.3) is 0 Å². The van der Waals surface area contributed by atoms with Gasteiger partial charge in [-0.15, -0.1) is 0 Å². The van der Waals surface area contributed by atoms with Gasteiger partial charge in [0, 0.05) is 56.9 Å². The molecule has 1 aromatic carbocycles. The minimum absolute atomic E-state index is 0.417. The van der Waals surface area contributed by atoms with Crippen molar-refractivity contribution in [1.29, 1.82) is 0 Å². The number of piperazine rings is 1. The zero-order valence-electron chi connectivity index (χ0n) is 17.9. The average molecular weight is 445 g/mol. The van der Waals surface area contributed by atoms with Crippen molar-refractivity contribution in [2.24, 2.45) is 0 Å². The Bertz CT molecular complexity index is 1020. The Hall–Kier alpha value is -2.58. The van der Waals surface area contributed by atoms with E-state index in [-0.39, 0.29) is 0 Å². The van der Waals surface area contributed by atoms with E-state index in [1.54, 1.807) is 0 Å². The van der Waals surface area contributed by atoms with Crippen LogP contribution in [0.3, 0.4) is 0 Å². The van der Waals surface area contributed by atoms with Gasteiger partial charge in [0.15, 0.2) is 0 Å². The Morgan fingerprint density at radius 1 is 0.938 bits per heavy atom. The van der Waals surface area contributed by atoms with E-state index in [2.05, 4.69) is 26.9 Å². The third kappa shape index (κ3) is 4.61. The summed E-state index contributed by atoms with van der Waals surface area (Å²) in [5.41, 5.74) is 0.298. The molecule has 0 aliphatic carbocycles. The van der Waals surface area contributed by atoms with Gasteiger partial charge in [0.2, 0.25) is 0 Å². The minimum atomic E-state index is -4.34. The van der Waals surface area contributed by atoms with E-state index in [0.717, 1.165) is 74.4 Å². The van der Waals surface area contributed by atoms with Gasteiger partial charge in [0.05, 0.1) is 12.1 Å². The lowest BCUT2D eigenvalue weighted by molar-refractivity contribution is -0.137. The average Bonchev–Trinajstić information content (AvgIpc) is 3.22. The highest BCUT2D eigenvalue weighted by molar-refractivity contribution is 5.77. The number of nitrogens with zero attached hydrogens (tertiary/aromatic N) is 4. The number of piperidine rings is 1. The van der Waals surface area contributed by atoms with Crippen molar-refractivity contribution in [2.75, 3.05) is 44.2 Å². The summed E-state index contributed by atoms with van der Waals surface area (Å²) < 4.78 is 45.0. The van der Waals surface area contributed by atoms with Crippen molar-refractivity contribution in [3.63, 3.8) is 0 Å². The molecule has 2 fully saturated rings. The first kappa shape index (κ1) is 21.3. The maximum Gasteiger partial charge on any atom is 0.416 e. The molecule has 32 heavy (non-hydrogen) atoms. The van der Waals surface area contributed by atoms with Gasteiger partial charge in [-0.1, -0.05) is 18.2 Å². The lowest BCUT2D eigenvalue weighted by Gasteiger charge is -2.43. The van der Waals surface area contributed by atoms with Crippen LogP contribution in [0.15, 0.2) is 53.1 Å². The molecule has 0 atom stereocenters. The van der Waals surface area contributed by atoms with E-state index in [1.165, 1.54) is 6.20 Å². The molecule has 2 saturated heterocycles. The molecule has 2 aliphatic heterocycles. The van der Waals surface area contributed by atoms with Crippen molar-refractivity contribution in [1.82, 2.24) is 14.8 Å². The highest BCUT2D eigenvalue weighted by Gasteiger charge is 2.32. The number of furan rings is 1. The van der Waals surface area contributed by atoms with Crippen molar-refractivity contribution in [2.45, 2.75) is 31.6 Å². The first-order valence-corrected chi connectivity index (χ1v) is 11.2. The highest BCUT2D eigenvalue weighted by atomic mass is 19.4. The lowest BCUT2D eigenvalue weighted by Crippen LogP contribution is -2.53. The van der Waals surface area contributed by atoms with E-state index in [4.69, 9.17) is 4.42 Å². The molecule has 170 valence electrons. The van der Waals surface area contributed by atoms with Crippen LogP contribution in [0, 0.1) is 0 Å². The molecule has 2 aromatic heterocycles. The summed E-state index contributed by atoms with van der Waals surface area (Å²) in [5, 5.41) is 1.14. The molecule has 4 heterocycles. The van der Waals surface area contributed by atoms with E-state index >= 15 is 0 Å². The van der Waals surface area contributed by atoms with Gasteiger partial charge in [-0.2, -0.15) is 13.2 Å². The number of benzene rings is 1. The van der Waals surface area contributed by atoms with Crippen LogP contribution in [0.1, 0.15) is 24.2 Å². The maximum absolute atomic E-state index is 13.0. The number of aromatic nitrogens is 1. The monoisotopic (exact) mass is 444 g/mol. The fourth-order valence-electron chi connectivity index (χ4n) is 4.86. The van der Waals surface area contributed by atoms with Crippen molar-refractivity contribution >= 4 is 16.8 Å². The van der Waals surface area contributed by atoms with Crippen LogP contribution in [0.25, 0.3) is 11.0 Å². The molecule has 8 heteroatoms. The van der Waals surface area contributed by atoms with Crippen molar-refractivity contribution in [3.05, 3.63) is 60.0 Å². The van der Waals surface area contributed by atoms with Crippen molar-refractivity contribution in [3.8, 4) is 0 Å². The number of rotatable bonds is 4. The van der Waals surface area contributed by atoms with E-state index in [0.29, 0.717) is 24.9 Å².